The van der Waals surface area contributed by atoms with E-state index >= 15 is 0 Å². The van der Waals surface area contributed by atoms with Crippen LogP contribution in [-0.4, -0.2) is 17.0 Å². The van der Waals surface area contributed by atoms with Gasteiger partial charge in [-0.2, -0.15) is 5.26 Å². The largest absolute Gasteiger partial charge is 0.357 e. The lowest BCUT2D eigenvalue weighted by molar-refractivity contribution is 0.628. The minimum Gasteiger partial charge on any atom is -0.357 e. The van der Waals surface area contributed by atoms with E-state index in [0.29, 0.717) is 17.2 Å². The summed E-state index contributed by atoms with van der Waals surface area (Å²) in [5, 5.41) is 11.7. The Kier molecular flexibility index (Phi) is 3.20. The molecule has 0 amide bonds. The van der Waals surface area contributed by atoms with Crippen molar-refractivity contribution in [1.29, 1.82) is 5.26 Å². The topological polar surface area (TPSA) is 61.6 Å². The summed E-state index contributed by atoms with van der Waals surface area (Å²) in [6.45, 7) is 1.83. The number of aromatic nitrogens is 2. The fourth-order valence-electron chi connectivity index (χ4n) is 1.63. The van der Waals surface area contributed by atoms with Crippen LogP contribution < -0.4 is 5.32 Å². The van der Waals surface area contributed by atoms with Crippen LogP contribution in [-0.2, 0) is 0 Å². The second-order valence-corrected chi connectivity index (χ2v) is 3.81. The van der Waals surface area contributed by atoms with Gasteiger partial charge in [0.1, 0.15) is 5.82 Å². The van der Waals surface area contributed by atoms with Gasteiger partial charge in [0.05, 0.1) is 17.3 Å². The van der Waals surface area contributed by atoms with Gasteiger partial charge in [0.2, 0.25) is 5.95 Å². The maximum atomic E-state index is 13.4. The van der Waals surface area contributed by atoms with Crippen molar-refractivity contribution in [3.8, 4) is 17.3 Å². The quantitative estimate of drug-likeness (QED) is 0.878. The molecule has 1 aromatic heterocycles. The van der Waals surface area contributed by atoms with Gasteiger partial charge in [-0.1, -0.05) is 0 Å². The lowest BCUT2D eigenvalue weighted by Crippen LogP contribution is -1.99. The predicted molar refractivity (Wildman–Crippen MR) is 66.4 cm³/mol. The molecule has 0 radical (unpaired) electrons. The monoisotopic (exact) mass is 242 g/mol. The molecule has 0 aliphatic heterocycles. The van der Waals surface area contributed by atoms with Crippen molar-refractivity contribution in [2.75, 3.05) is 12.4 Å². The fourth-order valence-corrected chi connectivity index (χ4v) is 1.63. The van der Waals surface area contributed by atoms with Crippen molar-refractivity contribution < 1.29 is 4.39 Å². The Hall–Kier alpha value is -2.48. The summed E-state index contributed by atoms with van der Waals surface area (Å²) in [6, 6.07) is 7.81. The Labute approximate surface area is 104 Å². The third-order valence-corrected chi connectivity index (χ3v) is 2.40. The molecule has 0 atom stereocenters. The lowest BCUT2D eigenvalue weighted by atomic mass is 10.1. The molecule has 0 aliphatic rings. The number of nitriles is 1. The van der Waals surface area contributed by atoms with Crippen molar-refractivity contribution in [2.24, 2.45) is 0 Å². The summed E-state index contributed by atoms with van der Waals surface area (Å²) in [5.74, 6) is 0.0130. The van der Waals surface area contributed by atoms with E-state index in [0.717, 1.165) is 5.69 Å². The van der Waals surface area contributed by atoms with Gasteiger partial charge in [0, 0.05) is 18.3 Å². The number of anilines is 1. The number of benzene rings is 1. The van der Waals surface area contributed by atoms with Crippen LogP contribution in [0.2, 0.25) is 0 Å². The first kappa shape index (κ1) is 12.0. The normalized spacial score (nSPS) is 9.89. The minimum atomic E-state index is -0.452. The second-order valence-electron chi connectivity index (χ2n) is 3.81. The molecule has 1 heterocycles. The average molecular weight is 242 g/mol. The van der Waals surface area contributed by atoms with E-state index in [1.165, 1.54) is 12.1 Å². The van der Waals surface area contributed by atoms with E-state index in [-0.39, 0.29) is 5.56 Å². The van der Waals surface area contributed by atoms with Crippen LogP contribution in [0.5, 0.6) is 0 Å². The summed E-state index contributed by atoms with van der Waals surface area (Å²) >= 11 is 0. The average Bonchev–Trinajstić information content (AvgIpc) is 2.37. The first-order chi connectivity index (χ1) is 8.62. The Balaban J connectivity index is 2.58. The van der Waals surface area contributed by atoms with E-state index in [4.69, 9.17) is 5.26 Å². The van der Waals surface area contributed by atoms with Gasteiger partial charge in [-0.15, -0.1) is 0 Å². The summed E-state index contributed by atoms with van der Waals surface area (Å²) in [5.41, 5.74) is 2.19. The molecule has 0 unspecified atom stereocenters. The Morgan fingerprint density at radius 3 is 2.67 bits per heavy atom. The fraction of sp³-hybridized carbons (Fsp3) is 0.154. The highest BCUT2D eigenvalue weighted by atomic mass is 19.1. The Bertz CT molecular complexity index is 631. The summed E-state index contributed by atoms with van der Waals surface area (Å²) in [7, 11) is 1.71. The molecule has 2 rings (SSSR count). The van der Waals surface area contributed by atoms with E-state index in [9.17, 15) is 4.39 Å². The third kappa shape index (κ3) is 2.43. The van der Waals surface area contributed by atoms with Crippen LogP contribution in [0.25, 0.3) is 11.3 Å². The SMILES string of the molecule is CNc1nc(C)cc(-c2cc(F)cc(C#N)c2)n1. The summed E-state index contributed by atoms with van der Waals surface area (Å²) < 4.78 is 13.4. The lowest BCUT2D eigenvalue weighted by Gasteiger charge is -2.06. The first-order valence-electron chi connectivity index (χ1n) is 5.37. The molecule has 2 aromatic rings. The van der Waals surface area contributed by atoms with Crippen LogP contribution in [0.4, 0.5) is 10.3 Å². The molecule has 0 spiro atoms. The van der Waals surface area contributed by atoms with Gasteiger partial charge >= 0.3 is 0 Å². The van der Waals surface area contributed by atoms with Crippen molar-refractivity contribution in [1.82, 2.24) is 9.97 Å². The number of rotatable bonds is 2. The zero-order chi connectivity index (χ0) is 13.1. The Morgan fingerprint density at radius 2 is 2.00 bits per heavy atom. The number of aryl methyl sites for hydroxylation is 1. The molecule has 90 valence electrons. The Morgan fingerprint density at radius 1 is 1.22 bits per heavy atom. The molecule has 0 fully saturated rings. The zero-order valence-corrected chi connectivity index (χ0v) is 10.0. The van der Waals surface area contributed by atoms with Crippen LogP contribution in [0, 0.1) is 24.1 Å². The highest BCUT2D eigenvalue weighted by Gasteiger charge is 2.07. The van der Waals surface area contributed by atoms with Crippen LogP contribution >= 0.6 is 0 Å². The maximum absolute atomic E-state index is 13.4. The maximum Gasteiger partial charge on any atom is 0.223 e. The van der Waals surface area contributed by atoms with Crippen molar-refractivity contribution in [3.05, 3.63) is 41.3 Å². The van der Waals surface area contributed by atoms with Gasteiger partial charge in [0.15, 0.2) is 0 Å². The molecule has 0 saturated carbocycles. The number of hydrogen-bond acceptors (Lipinski definition) is 4. The van der Waals surface area contributed by atoms with E-state index in [1.807, 2.05) is 13.0 Å². The molecular weight excluding hydrogens is 231 g/mol. The van der Waals surface area contributed by atoms with E-state index in [2.05, 4.69) is 15.3 Å². The van der Waals surface area contributed by atoms with Crippen molar-refractivity contribution in [3.63, 3.8) is 0 Å². The molecule has 1 N–H and O–H groups in total. The highest BCUT2D eigenvalue weighted by molar-refractivity contribution is 5.63. The zero-order valence-electron chi connectivity index (χ0n) is 10.0. The van der Waals surface area contributed by atoms with Gasteiger partial charge in [0.25, 0.3) is 0 Å². The molecule has 0 saturated heterocycles. The van der Waals surface area contributed by atoms with Gasteiger partial charge in [-0.25, -0.2) is 14.4 Å². The van der Waals surface area contributed by atoms with Gasteiger partial charge in [-0.05, 0) is 31.2 Å². The van der Waals surface area contributed by atoms with Crippen LogP contribution in [0.1, 0.15) is 11.3 Å². The van der Waals surface area contributed by atoms with E-state index in [1.54, 1.807) is 19.2 Å². The first-order valence-corrected chi connectivity index (χ1v) is 5.37. The minimum absolute atomic E-state index is 0.271. The van der Waals surface area contributed by atoms with Gasteiger partial charge in [-0.3, -0.25) is 0 Å². The van der Waals surface area contributed by atoms with Crippen molar-refractivity contribution in [2.45, 2.75) is 6.92 Å². The predicted octanol–water partition coefficient (Wildman–Crippen LogP) is 2.50. The second kappa shape index (κ2) is 4.80. The number of hydrogen-bond donors (Lipinski definition) is 1. The number of halogens is 1. The third-order valence-electron chi connectivity index (χ3n) is 2.40. The van der Waals surface area contributed by atoms with E-state index < -0.39 is 5.82 Å². The summed E-state index contributed by atoms with van der Waals surface area (Å²) in [4.78, 5) is 8.40. The molecule has 18 heavy (non-hydrogen) atoms. The molecule has 1 aromatic carbocycles. The van der Waals surface area contributed by atoms with Gasteiger partial charge < -0.3 is 5.32 Å². The number of nitrogens with one attached hydrogen (secondary N) is 1. The molecule has 4 nitrogen and oxygen atoms in total. The molecule has 0 aliphatic carbocycles. The standard InChI is InChI=1S/C13H11FN4/c1-8-3-12(18-13(16-2)17-8)10-4-9(7-15)5-11(14)6-10/h3-6H,1-2H3,(H,16,17,18). The molecule has 0 bridgehead atoms. The van der Waals surface area contributed by atoms with Crippen LogP contribution in [0.3, 0.4) is 0 Å². The molecule has 5 heteroatoms. The number of nitrogens with zero attached hydrogens (tertiary/aromatic N) is 3. The summed E-state index contributed by atoms with van der Waals surface area (Å²) in [6.07, 6.45) is 0. The smallest absolute Gasteiger partial charge is 0.223 e. The highest BCUT2D eigenvalue weighted by Crippen LogP contribution is 2.21. The molecular formula is C13H11FN4. The van der Waals surface area contributed by atoms with Crippen LogP contribution in [0.15, 0.2) is 24.3 Å². The van der Waals surface area contributed by atoms with Crippen molar-refractivity contribution >= 4 is 5.95 Å².